The molecule has 0 bridgehead atoms. The maximum atomic E-state index is 13.2. The summed E-state index contributed by atoms with van der Waals surface area (Å²) >= 11 is 0. The highest BCUT2D eigenvalue weighted by atomic mass is 19.2. The molecule has 0 aliphatic carbocycles. The van der Waals surface area contributed by atoms with E-state index in [0.29, 0.717) is 0 Å². The SMILES string of the molecule is COc1cc(F)c(F)c(CC(C)=O)c1O. The number of ketones is 1. The van der Waals surface area contributed by atoms with E-state index in [4.69, 9.17) is 0 Å². The van der Waals surface area contributed by atoms with Crippen LogP contribution >= 0.6 is 0 Å². The number of carbonyl (C=O) groups excluding carboxylic acids is 1. The molecule has 1 rings (SSSR count). The van der Waals surface area contributed by atoms with Crippen LogP contribution in [-0.2, 0) is 11.2 Å². The van der Waals surface area contributed by atoms with Crippen LogP contribution in [0.15, 0.2) is 6.07 Å². The van der Waals surface area contributed by atoms with Gasteiger partial charge in [-0.15, -0.1) is 0 Å². The third kappa shape index (κ3) is 2.23. The third-order valence-corrected chi connectivity index (χ3v) is 1.90. The normalized spacial score (nSPS) is 10.1. The number of Topliss-reactive ketones (excluding diaryl/α,β-unsaturated/α-hetero) is 1. The molecule has 1 N–H and O–H groups in total. The molecule has 15 heavy (non-hydrogen) atoms. The van der Waals surface area contributed by atoms with Gasteiger partial charge in [0.2, 0.25) is 0 Å². The lowest BCUT2D eigenvalue weighted by molar-refractivity contribution is -0.116. The van der Waals surface area contributed by atoms with Crippen LogP contribution < -0.4 is 4.74 Å². The van der Waals surface area contributed by atoms with Gasteiger partial charge in [0.25, 0.3) is 0 Å². The molecule has 0 saturated heterocycles. The van der Waals surface area contributed by atoms with E-state index in [9.17, 15) is 18.7 Å². The number of hydrogen-bond donors (Lipinski definition) is 1. The van der Waals surface area contributed by atoms with Crippen molar-refractivity contribution in [3.05, 3.63) is 23.3 Å². The second-order valence-electron chi connectivity index (χ2n) is 3.08. The standard InChI is InChI=1S/C10H10F2O3/c1-5(13)3-6-9(12)7(11)4-8(15-2)10(6)14/h4,14H,3H2,1-2H3. The Morgan fingerprint density at radius 3 is 2.60 bits per heavy atom. The molecule has 1 aromatic rings. The fourth-order valence-electron chi connectivity index (χ4n) is 1.21. The summed E-state index contributed by atoms with van der Waals surface area (Å²) in [7, 11) is 1.21. The number of hydrogen-bond acceptors (Lipinski definition) is 3. The van der Waals surface area contributed by atoms with Crippen molar-refractivity contribution in [3.63, 3.8) is 0 Å². The monoisotopic (exact) mass is 216 g/mol. The average molecular weight is 216 g/mol. The number of carbonyl (C=O) groups is 1. The van der Waals surface area contributed by atoms with E-state index in [2.05, 4.69) is 4.74 Å². The summed E-state index contributed by atoms with van der Waals surface area (Å²) in [6.45, 7) is 1.22. The van der Waals surface area contributed by atoms with Crippen LogP contribution in [-0.4, -0.2) is 18.0 Å². The molecule has 3 nitrogen and oxygen atoms in total. The largest absolute Gasteiger partial charge is 0.504 e. The molecule has 0 aliphatic heterocycles. The van der Waals surface area contributed by atoms with Gasteiger partial charge in [0.05, 0.1) is 7.11 Å². The fraction of sp³-hybridized carbons (Fsp3) is 0.300. The summed E-state index contributed by atoms with van der Waals surface area (Å²) in [4.78, 5) is 10.8. The summed E-state index contributed by atoms with van der Waals surface area (Å²) in [5.74, 6) is -3.47. The zero-order valence-corrected chi connectivity index (χ0v) is 8.30. The van der Waals surface area contributed by atoms with Gasteiger partial charge in [-0.1, -0.05) is 0 Å². The average Bonchev–Trinajstić information content (AvgIpc) is 2.18. The van der Waals surface area contributed by atoms with E-state index in [-0.39, 0.29) is 23.5 Å². The summed E-state index contributed by atoms with van der Waals surface area (Å²) in [5, 5.41) is 9.46. The molecule has 0 aliphatic rings. The van der Waals surface area contributed by atoms with Crippen molar-refractivity contribution in [2.75, 3.05) is 7.11 Å². The quantitative estimate of drug-likeness (QED) is 0.838. The predicted molar refractivity (Wildman–Crippen MR) is 49.0 cm³/mol. The minimum absolute atomic E-state index is 0.190. The Balaban J connectivity index is 3.33. The number of aromatic hydroxyl groups is 1. The Morgan fingerprint density at radius 1 is 1.53 bits per heavy atom. The second-order valence-corrected chi connectivity index (χ2v) is 3.08. The minimum atomic E-state index is -1.22. The van der Waals surface area contributed by atoms with Crippen molar-refractivity contribution in [2.45, 2.75) is 13.3 Å². The Bertz CT molecular complexity index is 402. The smallest absolute Gasteiger partial charge is 0.166 e. The third-order valence-electron chi connectivity index (χ3n) is 1.90. The van der Waals surface area contributed by atoms with Crippen LogP contribution in [0.2, 0.25) is 0 Å². The molecule has 0 heterocycles. The number of rotatable bonds is 3. The number of phenolic OH excluding ortho intramolecular Hbond substituents is 1. The van der Waals surface area contributed by atoms with Crippen molar-refractivity contribution in [3.8, 4) is 11.5 Å². The van der Waals surface area contributed by atoms with Gasteiger partial charge < -0.3 is 9.84 Å². The molecule has 82 valence electrons. The highest BCUT2D eigenvalue weighted by Crippen LogP contribution is 2.33. The first-order valence-electron chi connectivity index (χ1n) is 4.20. The molecule has 0 amide bonds. The molecule has 1 aromatic carbocycles. The Hall–Kier alpha value is -1.65. The van der Waals surface area contributed by atoms with Crippen molar-refractivity contribution < 1.29 is 23.4 Å². The van der Waals surface area contributed by atoms with Gasteiger partial charge in [-0.05, 0) is 6.92 Å². The highest BCUT2D eigenvalue weighted by Gasteiger charge is 2.19. The van der Waals surface area contributed by atoms with E-state index >= 15 is 0 Å². The molecule has 0 spiro atoms. The first-order valence-corrected chi connectivity index (χ1v) is 4.20. The van der Waals surface area contributed by atoms with Crippen molar-refractivity contribution in [2.24, 2.45) is 0 Å². The van der Waals surface area contributed by atoms with E-state index in [1.807, 2.05) is 0 Å². The minimum Gasteiger partial charge on any atom is -0.504 e. The van der Waals surface area contributed by atoms with Crippen LogP contribution in [0.25, 0.3) is 0 Å². The van der Waals surface area contributed by atoms with Crippen molar-refractivity contribution in [1.29, 1.82) is 0 Å². The summed E-state index contributed by atoms with van der Waals surface area (Å²) in [6.07, 6.45) is -0.369. The van der Waals surface area contributed by atoms with Gasteiger partial charge in [-0.2, -0.15) is 0 Å². The van der Waals surface area contributed by atoms with Gasteiger partial charge >= 0.3 is 0 Å². The van der Waals surface area contributed by atoms with Crippen LogP contribution in [0.3, 0.4) is 0 Å². The lowest BCUT2D eigenvalue weighted by atomic mass is 10.1. The molecule has 0 saturated carbocycles. The molecule has 0 radical (unpaired) electrons. The van der Waals surface area contributed by atoms with Crippen LogP contribution in [0.4, 0.5) is 8.78 Å². The second kappa shape index (κ2) is 4.25. The lowest BCUT2D eigenvalue weighted by Gasteiger charge is -2.09. The van der Waals surface area contributed by atoms with E-state index in [1.54, 1.807) is 0 Å². The summed E-state index contributed by atoms with van der Waals surface area (Å²) in [5.41, 5.74) is -0.376. The Kier molecular flexibility index (Phi) is 3.24. The van der Waals surface area contributed by atoms with Crippen molar-refractivity contribution in [1.82, 2.24) is 0 Å². The topological polar surface area (TPSA) is 46.5 Å². The van der Waals surface area contributed by atoms with Gasteiger partial charge in [-0.25, -0.2) is 8.78 Å². The van der Waals surface area contributed by atoms with Crippen molar-refractivity contribution >= 4 is 5.78 Å². The molecular formula is C10H10F2O3. The number of halogens is 2. The predicted octanol–water partition coefficient (Wildman–Crippen LogP) is 1.81. The molecule has 5 heteroatoms. The fourth-order valence-corrected chi connectivity index (χ4v) is 1.21. The zero-order chi connectivity index (χ0) is 11.6. The van der Waals surface area contributed by atoms with Gasteiger partial charge in [0.15, 0.2) is 23.1 Å². The van der Waals surface area contributed by atoms with Gasteiger partial charge in [0.1, 0.15) is 5.78 Å². The molecular weight excluding hydrogens is 206 g/mol. The first kappa shape index (κ1) is 11.4. The lowest BCUT2D eigenvalue weighted by Crippen LogP contribution is -2.03. The number of methoxy groups -OCH3 is 1. The molecule has 0 fully saturated rings. The van der Waals surface area contributed by atoms with E-state index in [1.165, 1.54) is 14.0 Å². The number of ether oxygens (including phenoxy) is 1. The molecule has 0 aromatic heterocycles. The molecule has 0 unspecified atom stereocenters. The summed E-state index contributed by atoms with van der Waals surface area (Å²) in [6, 6.07) is 0.730. The van der Waals surface area contributed by atoms with Crippen LogP contribution in [0.5, 0.6) is 11.5 Å². The van der Waals surface area contributed by atoms with Crippen LogP contribution in [0.1, 0.15) is 12.5 Å². The Labute approximate surface area is 85.3 Å². The van der Waals surface area contributed by atoms with Gasteiger partial charge in [-0.3, -0.25) is 4.79 Å². The van der Waals surface area contributed by atoms with Crippen LogP contribution in [0, 0.1) is 11.6 Å². The number of phenols is 1. The Morgan fingerprint density at radius 2 is 2.13 bits per heavy atom. The van der Waals surface area contributed by atoms with E-state index < -0.39 is 17.4 Å². The maximum Gasteiger partial charge on any atom is 0.166 e. The summed E-state index contributed by atoms with van der Waals surface area (Å²) < 4.78 is 30.8. The maximum absolute atomic E-state index is 13.2. The number of benzene rings is 1. The molecule has 0 atom stereocenters. The van der Waals surface area contributed by atoms with E-state index in [0.717, 1.165) is 6.07 Å². The van der Waals surface area contributed by atoms with Gasteiger partial charge in [0, 0.05) is 18.1 Å². The zero-order valence-electron chi connectivity index (χ0n) is 8.30. The highest BCUT2D eigenvalue weighted by molar-refractivity contribution is 5.79. The first-order chi connectivity index (χ1) is 6.97.